The third-order valence-corrected chi connectivity index (χ3v) is 12.6. The first-order valence-corrected chi connectivity index (χ1v) is 14.1. The Kier molecular flexibility index (Phi) is 6.82. The van der Waals surface area contributed by atoms with E-state index >= 15 is 0 Å². The molecule has 0 aromatic rings. The molecule has 158 valence electrons. The maximum absolute atomic E-state index is 9.98. The van der Waals surface area contributed by atoms with E-state index in [4.69, 9.17) is 4.43 Å². The van der Waals surface area contributed by atoms with Crippen molar-refractivity contribution in [1.29, 1.82) is 0 Å². The highest BCUT2D eigenvalue weighted by Gasteiger charge is 2.54. The van der Waals surface area contributed by atoms with E-state index in [1.807, 2.05) is 13.8 Å². The minimum Gasteiger partial charge on any atom is -0.414 e. The SMILES string of the molecule is C[C@H](C=CCC(C)(C)O)C1CCC2[C@@H](O[Si](C)(C)C(C)(C)C)CCCC12C. The molecule has 2 fully saturated rings. The van der Waals surface area contributed by atoms with Gasteiger partial charge in [-0.05, 0) is 87.3 Å². The molecule has 2 aliphatic carbocycles. The maximum atomic E-state index is 9.98. The molecule has 3 heteroatoms. The second-order valence-corrected chi connectivity index (χ2v) is 16.7. The Labute approximate surface area is 170 Å². The lowest BCUT2D eigenvalue weighted by atomic mass is 9.62. The fourth-order valence-electron chi connectivity index (χ4n) is 5.43. The summed E-state index contributed by atoms with van der Waals surface area (Å²) in [7, 11) is -1.72. The molecular weight excluding hydrogens is 348 g/mol. The zero-order valence-electron chi connectivity index (χ0n) is 19.6. The Morgan fingerprint density at radius 2 is 1.78 bits per heavy atom. The van der Waals surface area contributed by atoms with Crippen molar-refractivity contribution < 1.29 is 9.53 Å². The van der Waals surface area contributed by atoms with Gasteiger partial charge in [0, 0.05) is 6.10 Å². The molecule has 0 bridgehead atoms. The molecule has 2 saturated carbocycles. The fraction of sp³-hybridized carbons (Fsp3) is 0.917. The lowest BCUT2D eigenvalue weighted by molar-refractivity contribution is -0.0163. The highest BCUT2D eigenvalue weighted by atomic mass is 28.4. The molecule has 0 aromatic heterocycles. The minimum absolute atomic E-state index is 0.284. The van der Waals surface area contributed by atoms with Crippen molar-refractivity contribution in [3.63, 3.8) is 0 Å². The summed E-state index contributed by atoms with van der Waals surface area (Å²) in [6, 6.07) is 0. The van der Waals surface area contributed by atoms with Crippen LogP contribution in [0.5, 0.6) is 0 Å². The number of allylic oxidation sites excluding steroid dienone is 1. The first-order valence-electron chi connectivity index (χ1n) is 11.2. The molecule has 2 aliphatic rings. The van der Waals surface area contributed by atoms with E-state index < -0.39 is 13.9 Å². The van der Waals surface area contributed by atoms with E-state index in [2.05, 4.69) is 59.9 Å². The molecule has 2 nitrogen and oxygen atoms in total. The van der Waals surface area contributed by atoms with E-state index in [1.54, 1.807) is 0 Å². The van der Waals surface area contributed by atoms with Crippen LogP contribution in [0.15, 0.2) is 12.2 Å². The van der Waals surface area contributed by atoms with Crippen molar-refractivity contribution in [3.05, 3.63) is 12.2 Å². The van der Waals surface area contributed by atoms with Gasteiger partial charge in [-0.3, -0.25) is 0 Å². The van der Waals surface area contributed by atoms with Crippen molar-refractivity contribution >= 4 is 8.32 Å². The summed E-state index contributed by atoms with van der Waals surface area (Å²) in [4.78, 5) is 0. The Hall–Kier alpha value is -0.123. The molecule has 0 aromatic carbocycles. The van der Waals surface area contributed by atoms with Crippen LogP contribution in [0.1, 0.15) is 87.0 Å². The maximum Gasteiger partial charge on any atom is 0.192 e. The normalized spacial score (nSPS) is 34.1. The number of hydrogen-bond donors (Lipinski definition) is 1. The van der Waals surface area contributed by atoms with Gasteiger partial charge in [-0.2, -0.15) is 0 Å². The molecule has 1 N–H and O–H groups in total. The standard InChI is InChI=1S/C24H46O2Si/c1-18(12-10-16-23(5,6)25)19-14-15-20-21(13-11-17-24(19,20)7)26-27(8,9)22(2,3)4/h10,12,18-21,25H,11,13-17H2,1-9H3/t18-,19?,20?,21+,24?/m1/s1. The van der Waals surface area contributed by atoms with Gasteiger partial charge in [0.2, 0.25) is 0 Å². The lowest BCUT2D eigenvalue weighted by Crippen LogP contribution is -2.50. The van der Waals surface area contributed by atoms with Gasteiger partial charge in [-0.1, -0.05) is 53.2 Å². The van der Waals surface area contributed by atoms with Crippen molar-refractivity contribution in [2.75, 3.05) is 0 Å². The van der Waals surface area contributed by atoms with Crippen LogP contribution in [0.4, 0.5) is 0 Å². The first-order chi connectivity index (χ1) is 12.2. The van der Waals surface area contributed by atoms with Crippen LogP contribution in [-0.4, -0.2) is 25.1 Å². The summed E-state index contributed by atoms with van der Waals surface area (Å²) in [5.41, 5.74) is -0.199. The highest BCUT2D eigenvalue weighted by Crippen LogP contribution is 2.59. The Balaban J connectivity index is 2.11. The molecular formula is C24H46O2Si. The molecule has 0 spiro atoms. The van der Waals surface area contributed by atoms with Gasteiger partial charge < -0.3 is 9.53 Å². The van der Waals surface area contributed by atoms with E-state index in [0.717, 1.165) is 18.3 Å². The van der Waals surface area contributed by atoms with Gasteiger partial charge in [-0.25, -0.2) is 0 Å². The Bertz CT molecular complexity index is 525. The average molecular weight is 395 g/mol. The Morgan fingerprint density at radius 3 is 2.33 bits per heavy atom. The van der Waals surface area contributed by atoms with Crippen LogP contribution in [0.3, 0.4) is 0 Å². The third-order valence-electron chi connectivity index (χ3n) is 8.08. The van der Waals surface area contributed by atoms with Crippen molar-refractivity contribution in [3.8, 4) is 0 Å². The largest absolute Gasteiger partial charge is 0.414 e. The average Bonchev–Trinajstić information content (AvgIpc) is 2.82. The van der Waals surface area contributed by atoms with Gasteiger partial charge in [0.25, 0.3) is 0 Å². The van der Waals surface area contributed by atoms with Crippen LogP contribution in [0.2, 0.25) is 18.1 Å². The summed E-state index contributed by atoms with van der Waals surface area (Å²) in [5, 5.41) is 10.3. The van der Waals surface area contributed by atoms with Crippen molar-refractivity contribution in [2.45, 2.75) is 117 Å². The number of rotatable bonds is 6. The molecule has 5 atom stereocenters. The van der Waals surface area contributed by atoms with Crippen LogP contribution < -0.4 is 0 Å². The molecule has 0 heterocycles. The van der Waals surface area contributed by atoms with Crippen LogP contribution in [0.25, 0.3) is 0 Å². The van der Waals surface area contributed by atoms with E-state index in [-0.39, 0.29) is 5.04 Å². The van der Waals surface area contributed by atoms with Gasteiger partial charge in [0.1, 0.15) is 0 Å². The zero-order valence-corrected chi connectivity index (χ0v) is 20.6. The summed E-state index contributed by atoms with van der Waals surface area (Å²) in [6.45, 7) is 20.6. The van der Waals surface area contributed by atoms with Gasteiger partial charge >= 0.3 is 0 Å². The van der Waals surface area contributed by atoms with E-state index in [0.29, 0.717) is 17.4 Å². The monoisotopic (exact) mass is 394 g/mol. The fourth-order valence-corrected chi connectivity index (χ4v) is 6.82. The van der Waals surface area contributed by atoms with Gasteiger partial charge in [0.05, 0.1) is 5.60 Å². The zero-order chi connectivity index (χ0) is 20.7. The molecule has 0 radical (unpaired) electrons. The van der Waals surface area contributed by atoms with E-state index in [9.17, 15) is 5.11 Å². The smallest absolute Gasteiger partial charge is 0.192 e. The minimum atomic E-state index is -1.72. The molecule has 3 unspecified atom stereocenters. The third kappa shape index (κ3) is 5.28. The summed E-state index contributed by atoms with van der Waals surface area (Å²) < 4.78 is 6.96. The summed E-state index contributed by atoms with van der Waals surface area (Å²) in [5.74, 6) is 2.04. The van der Waals surface area contributed by atoms with Crippen LogP contribution in [-0.2, 0) is 4.43 Å². The topological polar surface area (TPSA) is 29.5 Å². The molecule has 2 rings (SSSR count). The van der Waals surface area contributed by atoms with Crippen LogP contribution >= 0.6 is 0 Å². The van der Waals surface area contributed by atoms with E-state index in [1.165, 1.54) is 32.1 Å². The predicted molar refractivity (Wildman–Crippen MR) is 119 cm³/mol. The summed E-state index contributed by atoms with van der Waals surface area (Å²) >= 11 is 0. The molecule has 0 aliphatic heterocycles. The number of hydrogen-bond acceptors (Lipinski definition) is 2. The van der Waals surface area contributed by atoms with Crippen molar-refractivity contribution in [1.82, 2.24) is 0 Å². The second-order valence-electron chi connectivity index (χ2n) is 11.9. The predicted octanol–water partition coefficient (Wildman–Crippen LogP) is 6.95. The molecule has 27 heavy (non-hydrogen) atoms. The van der Waals surface area contributed by atoms with Crippen molar-refractivity contribution in [2.24, 2.45) is 23.2 Å². The van der Waals surface area contributed by atoms with Crippen LogP contribution in [0, 0.1) is 23.2 Å². The molecule has 0 amide bonds. The molecule has 0 saturated heterocycles. The lowest BCUT2D eigenvalue weighted by Gasteiger charge is -2.49. The first kappa shape index (κ1) is 23.2. The highest BCUT2D eigenvalue weighted by molar-refractivity contribution is 6.74. The summed E-state index contributed by atoms with van der Waals surface area (Å²) in [6.07, 6.45) is 12.3. The number of fused-ring (bicyclic) bond motifs is 1. The van der Waals surface area contributed by atoms with Gasteiger partial charge in [0.15, 0.2) is 8.32 Å². The van der Waals surface area contributed by atoms with Gasteiger partial charge in [-0.15, -0.1) is 0 Å². The number of aliphatic hydroxyl groups is 1. The quantitative estimate of drug-likeness (QED) is 0.390. The Morgan fingerprint density at radius 1 is 1.15 bits per heavy atom. The second kappa shape index (κ2) is 7.95.